The average Bonchev–Trinajstić information content (AvgIpc) is 2.81. The second-order valence-corrected chi connectivity index (χ2v) is 7.98. The van der Waals surface area contributed by atoms with Crippen LogP contribution >= 0.6 is 23.1 Å². The molecular formula is C17H21NS2. The van der Waals surface area contributed by atoms with Crippen LogP contribution < -0.4 is 5.73 Å². The molecule has 20 heavy (non-hydrogen) atoms. The maximum absolute atomic E-state index is 6.44. The summed E-state index contributed by atoms with van der Waals surface area (Å²) in [6, 6.07) is 9.22. The third-order valence-electron chi connectivity index (χ3n) is 3.75. The number of fused-ring (bicyclic) bond motifs is 1. The van der Waals surface area contributed by atoms with Crippen LogP contribution in [-0.2, 0) is 18.6 Å². The molecule has 0 saturated carbocycles. The zero-order valence-electron chi connectivity index (χ0n) is 12.1. The molecule has 106 valence electrons. The summed E-state index contributed by atoms with van der Waals surface area (Å²) in [5, 5.41) is 0. The number of aryl methyl sites for hydroxylation is 3. The molecule has 2 N–H and O–H groups in total. The minimum atomic E-state index is 0.136. The van der Waals surface area contributed by atoms with Gasteiger partial charge in [0.25, 0.3) is 0 Å². The Bertz CT molecular complexity index is 572. The number of thiophene rings is 1. The average molecular weight is 303 g/mol. The van der Waals surface area contributed by atoms with Gasteiger partial charge in [0.15, 0.2) is 0 Å². The molecule has 1 nitrogen and oxygen atoms in total. The van der Waals surface area contributed by atoms with E-state index in [1.54, 1.807) is 4.88 Å². The van der Waals surface area contributed by atoms with Gasteiger partial charge in [-0.25, -0.2) is 0 Å². The third kappa shape index (κ3) is 3.11. The van der Waals surface area contributed by atoms with Gasteiger partial charge in [-0.1, -0.05) is 29.3 Å². The summed E-state index contributed by atoms with van der Waals surface area (Å²) in [5.74, 6) is 2.43. The Hall–Kier alpha value is -0.770. The molecule has 2 heterocycles. The smallest absolute Gasteiger partial charge is 0.0430 e. The van der Waals surface area contributed by atoms with Gasteiger partial charge in [-0.15, -0.1) is 11.3 Å². The summed E-state index contributed by atoms with van der Waals surface area (Å²) >= 11 is 3.97. The predicted octanol–water partition coefficient (Wildman–Crippen LogP) is 4.40. The fourth-order valence-electron chi connectivity index (χ4n) is 2.89. The topological polar surface area (TPSA) is 26.0 Å². The van der Waals surface area contributed by atoms with Crippen LogP contribution in [0.3, 0.4) is 0 Å². The largest absolute Gasteiger partial charge is 0.323 e. The van der Waals surface area contributed by atoms with Crippen LogP contribution in [0.15, 0.2) is 24.3 Å². The van der Waals surface area contributed by atoms with E-state index in [-0.39, 0.29) is 6.04 Å². The number of rotatable bonds is 3. The van der Waals surface area contributed by atoms with Gasteiger partial charge in [0.05, 0.1) is 0 Å². The van der Waals surface area contributed by atoms with E-state index >= 15 is 0 Å². The molecule has 1 aromatic heterocycles. The molecule has 3 heteroatoms. The van der Waals surface area contributed by atoms with Crippen LogP contribution in [0.1, 0.15) is 38.0 Å². The van der Waals surface area contributed by atoms with Crippen molar-refractivity contribution >= 4 is 23.1 Å². The number of nitrogens with two attached hydrogens (primary N) is 1. The van der Waals surface area contributed by atoms with Gasteiger partial charge < -0.3 is 5.73 Å². The predicted molar refractivity (Wildman–Crippen MR) is 90.7 cm³/mol. The van der Waals surface area contributed by atoms with Crippen LogP contribution in [0.5, 0.6) is 0 Å². The van der Waals surface area contributed by atoms with Crippen molar-refractivity contribution in [2.24, 2.45) is 5.73 Å². The second kappa shape index (κ2) is 5.92. The van der Waals surface area contributed by atoms with Crippen LogP contribution in [0.25, 0.3) is 0 Å². The van der Waals surface area contributed by atoms with E-state index < -0.39 is 0 Å². The number of hydrogen-bond donors (Lipinski definition) is 1. The highest BCUT2D eigenvalue weighted by atomic mass is 32.2. The lowest BCUT2D eigenvalue weighted by molar-refractivity contribution is 0.735. The molecule has 1 aliphatic rings. The molecule has 1 unspecified atom stereocenters. The standard InChI is InChI=1S/C17H21NS2/c1-11-5-12(2)7-13(6-11)8-15(18)17-9-14-10-19-4-3-16(14)20-17/h5-7,9,15H,3-4,8,10,18H2,1-2H3. The van der Waals surface area contributed by atoms with Crippen molar-refractivity contribution in [1.82, 2.24) is 0 Å². The molecule has 0 radical (unpaired) electrons. The van der Waals surface area contributed by atoms with Crippen molar-refractivity contribution in [3.63, 3.8) is 0 Å². The van der Waals surface area contributed by atoms with Crippen molar-refractivity contribution in [3.8, 4) is 0 Å². The van der Waals surface area contributed by atoms with Gasteiger partial charge in [-0.05, 0) is 49.6 Å². The van der Waals surface area contributed by atoms with Gasteiger partial charge >= 0.3 is 0 Å². The lowest BCUT2D eigenvalue weighted by Crippen LogP contribution is -2.12. The van der Waals surface area contributed by atoms with E-state index in [1.165, 1.54) is 45.1 Å². The van der Waals surface area contributed by atoms with Crippen molar-refractivity contribution < 1.29 is 0 Å². The first-order chi connectivity index (χ1) is 9.61. The number of hydrogen-bond acceptors (Lipinski definition) is 3. The van der Waals surface area contributed by atoms with Crippen LogP contribution in [-0.4, -0.2) is 5.75 Å². The van der Waals surface area contributed by atoms with Crippen LogP contribution in [0, 0.1) is 13.8 Å². The van der Waals surface area contributed by atoms with E-state index in [9.17, 15) is 0 Å². The van der Waals surface area contributed by atoms with Crippen molar-refractivity contribution in [1.29, 1.82) is 0 Å². The maximum atomic E-state index is 6.44. The van der Waals surface area contributed by atoms with Gasteiger partial charge in [0, 0.05) is 21.5 Å². The lowest BCUT2D eigenvalue weighted by atomic mass is 10.0. The fraction of sp³-hybridized carbons (Fsp3) is 0.412. The minimum absolute atomic E-state index is 0.136. The SMILES string of the molecule is Cc1cc(C)cc(CC(N)c2cc3c(s2)CCSC3)c1. The third-order valence-corrected chi connectivity index (χ3v) is 6.13. The molecular weight excluding hydrogens is 282 g/mol. The summed E-state index contributed by atoms with van der Waals surface area (Å²) in [7, 11) is 0. The van der Waals surface area contributed by atoms with E-state index in [1.807, 2.05) is 23.1 Å². The Morgan fingerprint density at radius 2 is 1.90 bits per heavy atom. The molecule has 0 aliphatic carbocycles. The van der Waals surface area contributed by atoms with Crippen LogP contribution in [0.2, 0.25) is 0 Å². The van der Waals surface area contributed by atoms with E-state index in [0.717, 1.165) is 6.42 Å². The quantitative estimate of drug-likeness (QED) is 0.909. The summed E-state index contributed by atoms with van der Waals surface area (Å²) < 4.78 is 0. The first-order valence-corrected chi connectivity index (χ1v) is 9.11. The van der Waals surface area contributed by atoms with E-state index in [4.69, 9.17) is 5.73 Å². The lowest BCUT2D eigenvalue weighted by Gasteiger charge is -2.11. The Morgan fingerprint density at radius 1 is 1.15 bits per heavy atom. The second-order valence-electron chi connectivity index (χ2n) is 5.71. The first kappa shape index (κ1) is 14.2. The Kier molecular flexibility index (Phi) is 4.20. The van der Waals surface area contributed by atoms with Crippen molar-refractivity contribution in [2.75, 3.05) is 5.75 Å². The Labute approximate surface area is 129 Å². The van der Waals surface area contributed by atoms with Gasteiger partial charge in [0.1, 0.15) is 0 Å². The van der Waals surface area contributed by atoms with E-state index in [0.29, 0.717) is 0 Å². The number of thioether (sulfide) groups is 1. The highest BCUT2D eigenvalue weighted by molar-refractivity contribution is 7.98. The van der Waals surface area contributed by atoms with Gasteiger partial charge in [-0.3, -0.25) is 0 Å². The molecule has 0 saturated heterocycles. The monoisotopic (exact) mass is 303 g/mol. The Balaban J connectivity index is 1.78. The zero-order valence-corrected chi connectivity index (χ0v) is 13.7. The van der Waals surface area contributed by atoms with Crippen molar-refractivity contribution in [3.05, 3.63) is 56.3 Å². The van der Waals surface area contributed by atoms with Crippen LogP contribution in [0.4, 0.5) is 0 Å². The normalized spacial score (nSPS) is 15.9. The molecule has 0 fully saturated rings. The summed E-state index contributed by atoms with van der Waals surface area (Å²) in [4.78, 5) is 2.92. The highest BCUT2D eigenvalue weighted by Crippen LogP contribution is 2.34. The van der Waals surface area contributed by atoms with Gasteiger partial charge in [-0.2, -0.15) is 11.8 Å². The summed E-state index contributed by atoms with van der Waals surface area (Å²) in [6.45, 7) is 4.31. The molecule has 2 aromatic rings. The molecule has 0 spiro atoms. The van der Waals surface area contributed by atoms with E-state index in [2.05, 4.69) is 38.1 Å². The van der Waals surface area contributed by atoms with Gasteiger partial charge in [0.2, 0.25) is 0 Å². The molecule has 3 rings (SSSR count). The molecule has 0 bridgehead atoms. The zero-order chi connectivity index (χ0) is 14.1. The molecule has 1 atom stereocenters. The van der Waals surface area contributed by atoms with Crippen molar-refractivity contribution in [2.45, 2.75) is 38.5 Å². The maximum Gasteiger partial charge on any atom is 0.0430 e. The highest BCUT2D eigenvalue weighted by Gasteiger charge is 2.17. The number of benzene rings is 1. The molecule has 1 aromatic carbocycles. The fourth-order valence-corrected chi connectivity index (χ4v) is 5.27. The molecule has 0 amide bonds. The summed E-state index contributed by atoms with van der Waals surface area (Å²) in [5.41, 5.74) is 12.0. The first-order valence-electron chi connectivity index (χ1n) is 7.14. The molecule has 1 aliphatic heterocycles. The Morgan fingerprint density at radius 3 is 2.60 bits per heavy atom. The minimum Gasteiger partial charge on any atom is -0.323 e. The summed E-state index contributed by atoms with van der Waals surface area (Å²) in [6.07, 6.45) is 2.16.